The van der Waals surface area contributed by atoms with Gasteiger partial charge in [0.15, 0.2) is 0 Å². The maximum absolute atomic E-state index is 11.0. The van der Waals surface area contributed by atoms with Crippen molar-refractivity contribution < 1.29 is 14.1 Å². The summed E-state index contributed by atoms with van der Waals surface area (Å²) in [4.78, 5) is 10.5. The van der Waals surface area contributed by atoms with Crippen molar-refractivity contribution in [1.29, 1.82) is 0 Å². The lowest BCUT2D eigenvalue weighted by molar-refractivity contribution is -0.385. The van der Waals surface area contributed by atoms with Crippen LogP contribution < -0.4 is 10.1 Å². The highest BCUT2D eigenvalue weighted by atomic mass is 16.6. The van der Waals surface area contributed by atoms with Crippen LogP contribution in [0, 0.1) is 10.1 Å². The summed E-state index contributed by atoms with van der Waals surface area (Å²) >= 11 is 0. The second-order valence-electron chi connectivity index (χ2n) is 3.88. The van der Waals surface area contributed by atoms with Crippen LogP contribution in [0.15, 0.2) is 22.6 Å². The van der Waals surface area contributed by atoms with Crippen molar-refractivity contribution in [2.75, 3.05) is 13.7 Å². The highest BCUT2D eigenvalue weighted by Crippen LogP contribution is 2.37. The van der Waals surface area contributed by atoms with Crippen LogP contribution in [0.4, 0.5) is 5.69 Å². The number of nitrogens with zero attached hydrogens (tertiary/aromatic N) is 3. The van der Waals surface area contributed by atoms with Crippen LogP contribution in [-0.2, 0) is 6.54 Å². The Kier molecular flexibility index (Phi) is 4.26. The fourth-order valence-electron chi connectivity index (χ4n) is 1.72. The minimum atomic E-state index is -0.501. The Bertz CT molecular complexity index is 611. The largest absolute Gasteiger partial charge is 0.487 e. The maximum Gasteiger partial charge on any atom is 0.311 e. The van der Waals surface area contributed by atoms with Gasteiger partial charge in [-0.25, -0.2) is 0 Å². The highest BCUT2D eigenvalue weighted by molar-refractivity contribution is 5.69. The third-order valence-electron chi connectivity index (χ3n) is 2.50. The Labute approximate surface area is 114 Å². The summed E-state index contributed by atoms with van der Waals surface area (Å²) in [7, 11) is 1.75. The van der Waals surface area contributed by atoms with Crippen molar-refractivity contribution in [3.05, 3.63) is 34.2 Å². The Hall–Kier alpha value is -2.48. The third-order valence-corrected chi connectivity index (χ3v) is 2.50. The zero-order valence-corrected chi connectivity index (χ0v) is 11.1. The summed E-state index contributed by atoms with van der Waals surface area (Å²) < 4.78 is 10.8. The summed E-state index contributed by atoms with van der Waals surface area (Å²) in [5.74, 6) is 0.735. The van der Waals surface area contributed by atoms with Gasteiger partial charge >= 0.3 is 5.69 Å². The highest BCUT2D eigenvalue weighted by Gasteiger charge is 2.23. The van der Waals surface area contributed by atoms with Gasteiger partial charge in [-0.05, 0) is 20.0 Å². The molecule has 0 fully saturated rings. The van der Waals surface area contributed by atoms with Crippen LogP contribution >= 0.6 is 0 Å². The minimum Gasteiger partial charge on any atom is -0.487 e. The first-order chi connectivity index (χ1) is 9.67. The zero-order chi connectivity index (χ0) is 14.5. The predicted octanol–water partition coefficient (Wildman–Crippen LogP) is 1.76. The first kappa shape index (κ1) is 13.9. The third kappa shape index (κ3) is 2.75. The number of hydrogen-bond donors (Lipinski definition) is 1. The SMILES string of the molecule is CCOc1c(-c2nnc(CNC)o2)cccc1[N+](=O)[O-]. The van der Waals surface area contributed by atoms with Gasteiger partial charge in [0, 0.05) is 6.07 Å². The molecule has 0 atom stereocenters. The average Bonchev–Trinajstić information content (AvgIpc) is 2.88. The Morgan fingerprint density at radius 3 is 2.90 bits per heavy atom. The number of nitrogens with one attached hydrogen (secondary N) is 1. The smallest absolute Gasteiger partial charge is 0.311 e. The van der Waals surface area contributed by atoms with Crippen molar-refractivity contribution in [1.82, 2.24) is 15.5 Å². The maximum atomic E-state index is 11.0. The number of aromatic nitrogens is 2. The molecule has 1 N–H and O–H groups in total. The molecule has 0 saturated carbocycles. The van der Waals surface area contributed by atoms with Gasteiger partial charge in [0.2, 0.25) is 11.6 Å². The van der Waals surface area contributed by atoms with E-state index in [4.69, 9.17) is 9.15 Å². The van der Waals surface area contributed by atoms with Gasteiger partial charge in [-0.3, -0.25) is 10.1 Å². The van der Waals surface area contributed by atoms with Crippen molar-refractivity contribution in [3.63, 3.8) is 0 Å². The lowest BCUT2D eigenvalue weighted by atomic mass is 10.1. The number of para-hydroxylation sites is 1. The van der Waals surface area contributed by atoms with E-state index < -0.39 is 4.92 Å². The molecule has 0 spiro atoms. The van der Waals surface area contributed by atoms with Crippen LogP contribution in [-0.4, -0.2) is 28.8 Å². The van der Waals surface area contributed by atoms with Crippen LogP contribution in [0.3, 0.4) is 0 Å². The topological polar surface area (TPSA) is 103 Å². The summed E-state index contributed by atoms with van der Waals surface area (Å²) in [6.07, 6.45) is 0. The lowest BCUT2D eigenvalue weighted by Crippen LogP contribution is -2.04. The Morgan fingerprint density at radius 1 is 1.45 bits per heavy atom. The molecule has 2 rings (SSSR count). The summed E-state index contributed by atoms with van der Waals surface area (Å²) in [6, 6.07) is 4.58. The molecule has 0 radical (unpaired) electrons. The van der Waals surface area contributed by atoms with E-state index in [1.165, 1.54) is 6.07 Å². The van der Waals surface area contributed by atoms with E-state index in [0.29, 0.717) is 24.6 Å². The number of rotatable bonds is 6. The van der Waals surface area contributed by atoms with Gasteiger partial charge in [-0.2, -0.15) is 0 Å². The molecule has 0 aliphatic heterocycles. The van der Waals surface area contributed by atoms with Crippen LogP contribution in [0.5, 0.6) is 5.75 Å². The molecule has 8 nitrogen and oxygen atoms in total. The molecular formula is C12H14N4O4. The lowest BCUT2D eigenvalue weighted by Gasteiger charge is -2.07. The van der Waals surface area contributed by atoms with Crippen molar-refractivity contribution in [2.24, 2.45) is 0 Å². The zero-order valence-electron chi connectivity index (χ0n) is 11.1. The van der Waals surface area contributed by atoms with Crippen LogP contribution in [0.2, 0.25) is 0 Å². The molecule has 0 aliphatic rings. The normalized spacial score (nSPS) is 10.5. The molecule has 1 aromatic heterocycles. The fraction of sp³-hybridized carbons (Fsp3) is 0.333. The molecule has 1 aromatic carbocycles. The van der Waals surface area contributed by atoms with Gasteiger partial charge < -0.3 is 14.5 Å². The van der Waals surface area contributed by atoms with E-state index in [0.717, 1.165) is 0 Å². The number of benzene rings is 1. The van der Waals surface area contributed by atoms with Gasteiger partial charge in [0.25, 0.3) is 5.89 Å². The molecular weight excluding hydrogens is 264 g/mol. The molecule has 1 heterocycles. The van der Waals surface area contributed by atoms with Crippen molar-refractivity contribution in [3.8, 4) is 17.2 Å². The molecule has 8 heteroatoms. The molecule has 106 valence electrons. The standard InChI is InChI=1S/C12H14N4O4/c1-3-19-11-8(5-4-6-9(11)16(17)18)12-15-14-10(20-12)7-13-2/h4-6,13H,3,7H2,1-2H3. The van der Waals surface area contributed by atoms with E-state index in [-0.39, 0.29) is 17.3 Å². The van der Waals surface area contributed by atoms with Gasteiger partial charge in [-0.15, -0.1) is 10.2 Å². The summed E-state index contributed by atoms with van der Waals surface area (Å²) in [5, 5.41) is 21.7. The van der Waals surface area contributed by atoms with Crippen LogP contribution in [0.1, 0.15) is 12.8 Å². The van der Waals surface area contributed by atoms with Crippen LogP contribution in [0.25, 0.3) is 11.5 Å². The summed E-state index contributed by atoms with van der Waals surface area (Å²) in [5.41, 5.74) is 0.286. The number of nitro groups is 1. The van der Waals surface area contributed by atoms with Gasteiger partial charge in [0.05, 0.1) is 23.6 Å². The first-order valence-electron chi connectivity index (χ1n) is 6.05. The van der Waals surface area contributed by atoms with Crippen molar-refractivity contribution in [2.45, 2.75) is 13.5 Å². The summed E-state index contributed by atoms with van der Waals surface area (Å²) in [6.45, 7) is 2.47. The molecule has 0 aliphatic carbocycles. The molecule has 20 heavy (non-hydrogen) atoms. The average molecular weight is 278 g/mol. The Morgan fingerprint density at radius 2 is 2.25 bits per heavy atom. The van der Waals surface area contributed by atoms with E-state index in [2.05, 4.69) is 15.5 Å². The molecule has 0 amide bonds. The monoisotopic (exact) mass is 278 g/mol. The first-order valence-corrected chi connectivity index (χ1v) is 6.05. The van der Waals surface area contributed by atoms with Gasteiger partial charge in [-0.1, -0.05) is 6.07 Å². The second kappa shape index (κ2) is 6.11. The molecule has 0 bridgehead atoms. The minimum absolute atomic E-state index is 0.127. The number of hydrogen-bond acceptors (Lipinski definition) is 7. The quantitative estimate of drug-likeness (QED) is 0.634. The van der Waals surface area contributed by atoms with E-state index in [1.807, 2.05) is 0 Å². The fourth-order valence-corrected chi connectivity index (χ4v) is 1.72. The Balaban J connectivity index is 2.48. The molecule has 2 aromatic rings. The van der Waals surface area contributed by atoms with Crippen molar-refractivity contribution >= 4 is 5.69 Å². The van der Waals surface area contributed by atoms with Gasteiger partial charge in [0.1, 0.15) is 0 Å². The van der Waals surface area contributed by atoms with E-state index in [9.17, 15) is 10.1 Å². The predicted molar refractivity (Wildman–Crippen MR) is 70.3 cm³/mol. The second-order valence-corrected chi connectivity index (χ2v) is 3.88. The van der Waals surface area contributed by atoms with E-state index >= 15 is 0 Å². The number of ether oxygens (including phenoxy) is 1. The molecule has 0 unspecified atom stereocenters. The molecule has 0 saturated heterocycles. The number of nitro benzene ring substituents is 1. The van der Waals surface area contributed by atoms with E-state index in [1.54, 1.807) is 26.1 Å².